The van der Waals surface area contributed by atoms with E-state index in [2.05, 4.69) is 15.2 Å². The van der Waals surface area contributed by atoms with Crippen molar-refractivity contribution in [1.29, 1.82) is 0 Å². The summed E-state index contributed by atoms with van der Waals surface area (Å²) in [5.41, 5.74) is 0. The summed E-state index contributed by atoms with van der Waals surface area (Å²) in [6, 6.07) is 5.64. The zero-order valence-corrected chi connectivity index (χ0v) is 9.50. The lowest BCUT2D eigenvalue weighted by molar-refractivity contribution is 0.352. The van der Waals surface area contributed by atoms with Crippen LogP contribution in [0.4, 0.5) is 5.82 Å². The van der Waals surface area contributed by atoms with Crippen LogP contribution < -0.4 is 5.32 Å². The molecule has 0 unspecified atom stereocenters. The van der Waals surface area contributed by atoms with E-state index in [0.717, 1.165) is 18.9 Å². The van der Waals surface area contributed by atoms with E-state index >= 15 is 0 Å². The fraction of sp³-hybridized carbons (Fsp3) is 0.545. The van der Waals surface area contributed by atoms with E-state index in [-0.39, 0.29) is 0 Å². The molecule has 0 spiro atoms. The second-order valence-electron chi connectivity index (χ2n) is 3.82. The Hall–Kier alpha value is -0.800. The lowest BCUT2D eigenvalue weighted by Gasteiger charge is -2.14. The molecule has 3 nitrogen and oxygen atoms in total. The van der Waals surface area contributed by atoms with Gasteiger partial charge in [0.25, 0.3) is 0 Å². The highest BCUT2D eigenvalue weighted by molar-refractivity contribution is 6.29. The third kappa shape index (κ3) is 3.36. The molecule has 0 radical (unpaired) electrons. The van der Waals surface area contributed by atoms with Gasteiger partial charge in [0.05, 0.1) is 0 Å². The lowest BCUT2D eigenvalue weighted by Crippen LogP contribution is -2.26. The zero-order valence-electron chi connectivity index (χ0n) is 8.75. The van der Waals surface area contributed by atoms with Crippen LogP contribution in [0, 0.1) is 0 Å². The Bertz CT molecular complexity index is 310. The number of anilines is 1. The number of hydrogen-bond acceptors (Lipinski definition) is 3. The molecule has 0 atom stereocenters. The van der Waals surface area contributed by atoms with Gasteiger partial charge in [-0.3, -0.25) is 0 Å². The van der Waals surface area contributed by atoms with E-state index in [1.54, 1.807) is 6.07 Å². The molecule has 2 rings (SSSR count). The third-order valence-corrected chi connectivity index (χ3v) is 2.86. The van der Waals surface area contributed by atoms with Crippen molar-refractivity contribution in [2.45, 2.75) is 12.8 Å². The van der Waals surface area contributed by atoms with Gasteiger partial charge >= 0.3 is 0 Å². The third-order valence-electron chi connectivity index (χ3n) is 2.65. The van der Waals surface area contributed by atoms with Gasteiger partial charge in [0.2, 0.25) is 0 Å². The number of pyridine rings is 1. The Morgan fingerprint density at radius 3 is 2.87 bits per heavy atom. The molecule has 1 aliphatic heterocycles. The van der Waals surface area contributed by atoms with Gasteiger partial charge in [0, 0.05) is 13.1 Å². The van der Waals surface area contributed by atoms with Crippen LogP contribution >= 0.6 is 11.6 Å². The fourth-order valence-electron chi connectivity index (χ4n) is 1.86. The lowest BCUT2D eigenvalue weighted by atomic mass is 10.4. The first kappa shape index (κ1) is 10.7. The molecular formula is C11H16ClN3. The first-order valence-corrected chi connectivity index (χ1v) is 5.81. The van der Waals surface area contributed by atoms with Crippen molar-refractivity contribution < 1.29 is 0 Å². The number of nitrogens with one attached hydrogen (secondary N) is 1. The Labute approximate surface area is 95.4 Å². The van der Waals surface area contributed by atoms with Crippen molar-refractivity contribution in [2.75, 3.05) is 31.5 Å². The second kappa shape index (κ2) is 5.33. The number of likely N-dealkylation sites (tertiary alicyclic amines) is 1. The summed E-state index contributed by atoms with van der Waals surface area (Å²) in [6.07, 6.45) is 2.69. The maximum absolute atomic E-state index is 5.79. The molecule has 1 aliphatic rings. The summed E-state index contributed by atoms with van der Waals surface area (Å²) in [5, 5.41) is 3.82. The largest absolute Gasteiger partial charge is 0.369 e. The summed E-state index contributed by atoms with van der Waals surface area (Å²) in [5.74, 6) is 0.863. The predicted octanol–water partition coefficient (Wildman–Crippen LogP) is 2.24. The van der Waals surface area contributed by atoms with Gasteiger partial charge in [-0.2, -0.15) is 0 Å². The van der Waals surface area contributed by atoms with Crippen LogP contribution in [0.2, 0.25) is 5.15 Å². The molecule has 1 aromatic rings. The summed E-state index contributed by atoms with van der Waals surface area (Å²) < 4.78 is 0. The molecule has 0 bridgehead atoms. The SMILES string of the molecule is Clc1cccc(NCCN2CCCC2)n1. The number of rotatable bonds is 4. The highest BCUT2D eigenvalue weighted by Gasteiger charge is 2.10. The Kier molecular flexibility index (Phi) is 3.80. The van der Waals surface area contributed by atoms with Crippen LogP contribution in [-0.4, -0.2) is 36.1 Å². The number of hydrogen-bond donors (Lipinski definition) is 1. The van der Waals surface area contributed by atoms with Crippen LogP contribution in [0.25, 0.3) is 0 Å². The highest BCUT2D eigenvalue weighted by Crippen LogP contribution is 2.09. The van der Waals surface area contributed by atoms with E-state index in [9.17, 15) is 0 Å². The van der Waals surface area contributed by atoms with Gasteiger partial charge in [-0.25, -0.2) is 4.98 Å². The van der Waals surface area contributed by atoms with Crippen LogP contribution in [0.5, 0.6) is 0 Å². The van der Waals surface area contributed by atoms with Gasteiger partial charge in [-0.1, -0.05) is 17.7 Å². The zero-order chi connectivity index (χ0) is 10.5. The number of halogens is 1. The van der Waals surface area contributed by atoms with Gasteiger partial charge in [0.15, 0.2) is 0 Å². The molecule has 0 amide bonds. The summed E-state index contributed by atoms with van der Waals surface area (Å²) in [6.45, 7) is 4.51. The molecule has 0 aliphatic carbocycles. The minimum Gasteiger partial charge on any atom is -0.369 e. The molecule has 1 N–H and O–H groups in total. The maximum atomic E-state index is 5.79. The molecule has 0 aromatic carbocycles. The molecule has 0 saturated carbocycles. The average molecular weight is 226 g/mol. The van der Waals surface area contributed by atoms with Crippen molar-refractivity contribution in [1.82, 2.24) is 9.88 Å². The Morgan fingerprint density at radius 2 is 2.13 bits per heavy atom. The monoisotopic (exact) mass is 225 g/mol. The highest BCUT2D eigenvalue weighted by atomic mass is 35.5. The molecule has 2 heterocycles. The molecular weight excluding hydrogens is 210 g/mol. The molecule has 4 heteroatoms. The summed E-state index contributed by atoms with van der Waals surface area (Å²) in [4.78, 5) is 6.64. The van der Waals surface area contributed by atoms with Crippen molar-refractivity contribution in [2.24, 2.45) is 0 Å². The van der Waals surface area contributed by atoms with Crippen molar-refractivity contribution in [3.8, 4) is 0 Å². The standard InChI is InChI=1S/C11H16ClN3/c12-10-4-3-5-11(14-10)13-6-9-15-7-1-2-8-15/h3-5H,1-2,6-9H2,(H,13,14). The van der Waals surface area contributed by atoms with Gasteiger partial charge in [-0.05, 0) is 38.1 Å². The normalized spacial score (nSPS) is 16.9. The van der Waals surface area contributed by atoms with Gasteiger partial charge in [0.1, 0.15) is 11.0 Å². The van der Waals surface area contributed by atoms with E-state index in [4.69, 9.17) is 11.6 Å². The van der Waals surface area contributed by atoms with Gasteiger partial charge in [-0.15, -0.1) is 0 Å². The quantitative estimate of drug-likeness (QED) is 0.797. The van der Waals surface area contributed by atoms with Crippen LogP contribution in [0.1, 0.15) is 12.8 Å². The predicted molar refractivity (Wildman–Crippen MR) is 63.4 cm³/mol. The minimum absolute atomic E-state index is 0.543. The molecule has 1 aromatic heterocycles. The van der Waals surface area contributed by atoms with E-state index < -0.39 is 0 Å². The van der Waals surface area contributed by atoms with Crippen LogP contribution in [0.3, 0.4) is 0 Å². The summed E-state index contributed by atoms with van der Waals surface area (Å²) >= 11 is 5.79. The first-order valence-electron chi connectivity index (χ1n) is 5.43. The van der Waals surface area contributed by atoms with Crippen LogP contribution in [-0.2, 0) is 0 Å². The Balaban J connectivity index is 1.73. The molecule has 15 heavy (non-hydrogen) atoms. The molecule has 1 fully saturated rings. The molecule has 1 saturated heterocycles. The van der Waals surface area contributed by atoms with Gasteiger partial charge < -0.3 is 10.2 Å². The van der Waals surface area contributed by atoms with E-state index in [1.807, 2.05) is 12.1 Å². The van der Waals surface area contributed by atoms with Crippen molar-refractivity contribution in [3.63, 3.8) is 0 Å². The van der Waals surface area contributed by atoms with E-state index in [0.29, 0.717) is 5.15 Å². The smallest absolute Gasteiger partial charge is 0.131 e. The number of nitrogens with zero attached hydrogens (tertiary/aromatic N) is 2. The topological polar surface area (TPSA) is 28.2 Å². The Morgan fingerprint density at radius 1 is 1.33 bits per heavy atom. The molecule has 82 valence electrons. The second-order valence-corrected chi connectivity index (χ2v) is 4.21. The number of aromatic nitrogens is 1. The average Bonchev–Trinajstić information content (AvgIpc) is 2.71. The summed E-state index contributed by atoms with van der Waals surface area (Å²) in [7, 11) is 0. The fourth-order valence-corrected chi connectivity index (χ4v) is 2.02. The first-order chi connectivity index (χ1) is 7.34. The van der Waals surface area contributed by atoms with Crippen LogP contribution in [0.15, 0.2) is 18.2 Å². The van der Waals surface area contributed by atoms with E-state index in [1.165, 1.54) is 25.9 Å². The van der Waals surface area contributed by atoms with Crippen molar-refractivity contribution >= 4 is 17.4 Å². The minimum atomic E-state index is 0.543. The maximum Gasteiger partial charge on any atom is 0.131 e. The van der Waals surface area contributed by atoms with Crippen molar-refractivity contribution in [3.05, 3.63) is 23.4 Å².